The lowest BCUT2D eigenvalue weighted by molar-refractivity contribution is 0.208. The number of fused-ring (bicyclic) bond motifs is 1. The molecular weight excluding hydrogens is 354 g/mol. The first-order chi connectivity index (χ1) is 13.3. The maximum Gasteiger partial charge on any atom is 0.119 e. The summed E-state index contributed by atoms with van der Waals surface area (Å²) in [6.45, 7) is 1.69. The molecule has 1 aliphatic heterocycles. The third-order valence-corrected chi connectivity index (χ3v) is 5.78. The van der Waals surface area contributed by atoms with E-state index in [1.807, 2.05) is 24.3 Å². The smallest absolute Gasteiger partial charge is 0.119 e. The van der Waals surface area contributed by atoms with Crippen LogP contribution in [-0.2, 0) is 6.42 Å². The van der Waals surface area contributed by atoms with Crippen molar-refractivity contribution in [1.29, 1.82) is 0 Å². The van der Waals surface area contributed by atoms with Gasteiger partial charge in [-0.1, -0.05) is 49.1 Å². The second-order valence-electron chi connectivity index (χ2n) is 7.54. The van der Waals surface area contributed by atoms with Crippen molar-refractivity contribution in [2.45, 2.75) is 38.5 Å². The van der Waals surface area contributed by atoms with Gasteiger partial charge in [0.2, 0.25) is 0 Å². The second-order valence-corrected chi connectivity index (χ2v) is 7.97. The topological polar surface area (TPSA) is 21.6 Å². The predicted molar refractivity (Wildman–Crippen MR) is 114 cm³/mol. The van der Waals surface area contributed by atoms with Crippen molar-refractivity contribution in [2.75, 3.05) is 13.2 Å². The predicted octanol–water partition coefficient (Wildman–Crippen LogP) is 6.36. The lowest BCUT2D eigenvalue weighted by atomic mass is 9.90. The number of ether oxygens (including phenoxy) is 1. The minimum absolute atomic E-state index is 0.731. The Morgan fingerprint density at radius 2 is 1.81 bits per heavy atom. The summed E-state index contributed by atoms with van der Waals surface area (Å²) < 4.78 is 6.12. The fourth-order valence-corrected chi connectivity index (χ4v) is 4.08. The average molecular weight is 380 g/mol. The lowest BCUT2D eigenvalue weighted by Crippen LogP contribution is -2.16. The summed E-state index contributed by atoms with van der Waals surface area (Å²) in [6.07, 6.45) is 11.9. The molecule has 27 heavy (non-hydrogen) atoms. The number of allylic oxidation sites excluding steroid dienone is 1. The number of hydrogen-bond donors (Lipinski definition) is 0. The first-order valence-electron chi connectivity index (χ1n) is 10.0. The maximum atomic E-state index is 6.12. The SMILES string of the molecule is Clc1ccc(C=CC2=NCCc3cc(OCC4CCCCC4)ccc32)cc1. The highest BCUT2D eigenvalue weighted by molar-refractivity contribution is 6.30. The molecule has 0 amide bonds. The van der Waals surface area contributed by atoms with Gasteiger partial charge in [-0.3, -0.25) is 4.99 Å². The molecular formula is C24H26ClNO. The fourth-order valence-electron chi connectivity index (χ4n) is 3.96. The van der Waals surface area contributed by atoms with Crippen molar-refractivity contribution in [2.24, 2.45) is 10.9 Å². The van der Waals surface area contributed by atoms with Gasteiger partial charge >= 0.3 is 0 Å². The summed E-state index contributed by atoms with van der Waals surface area (Å²) in [5.41, 5.74) is 4.73. The standard InChI is InChI=1S/C24H26ClNO/c25-21-9-6-18(7-10-21)8-13-24-23-12-11-22(16-20(23)14-15-26-24)27-17-19-4-2-1-3-5-19/h6-13,16,19H,1-5,14-15,17H2. The molecule has 1 aliphatic carbocycles. The van der Waals surface area contributed by atoms with Crippen LogP contribution in [0.1, 0.15) is 48.8 Å². The molecule has 1 saturated carbocycles. The zero-order valence-electron chi connectivity index (χ0n) is 15.7. The Balaban J connectivity index is 1.44. The van der Waals surface area contributed by atoms with E-state index in [1.54, 1.807) is 0 Å². The van der Waals surface area contributed by atoms with Gasteiger partial charge in [0.15, 0.2) is 0 Å². The van der Waals surface area contributed by atoms with Crippen LogP contribution >= 0.6 is 11.6 Å². The quantitative estimate of drug-likeness (QED) is 0.592. The molecule has 0 saturated heterocycles. The van der Waals surface area contributed by atoms with Crippen LogP contribution in [0.5, 0.6) is 5.75 Å². The fraction of sp³-hybridized carbons (Fsp3) is 0.375. The number of hydrogen-bond acceptors (Lipinski definition) is 2. The summed E-state index contributed by atoms with van der Waals surface area (Å²) in [5, 5.41) is 0.758. The number of nitrogens with zero attached hydrogens (tertiary/aromatic N) is 1. The second kappa shape index (κ2) is 8.75. The Morgan fingerprint density at radius 1 is 1.00 bits per heavy atom. The van der Waals surface area contributed by atoms with Gasteiger partial charge in [-0.05, 0) is 72.7 Å². The van der Waals surface area contributed by atoms with Crippen LogP contribution in [0.15, 0.2) is 53.5 Å². The van der Waals surface area contributed by atoms with E-state index in [4.69, 9.17) is 21.3 Å². The molecule has 0 atom stereocenters. The highest BCUT2D eigenvalue weighted by Crippen LogP contribution is 2.27. The summed E-state index contributed by atoms with van der Waals surface area (Å²) in [5.74, 6) is 1.73. The normalized spacial score (nSPS) is 17.6. The van der Waals surface area contributed by atoms with Gasteiger partial charge in [0.05, 0.1) is 12.3 Å². The van der Waals surface area contributed by atoms with E-state index in [2.05, 4.69) is 30.4 Å². The molecule has 2 aromatic carbocycles. The molecule has 0 bridgehead atoms. The average Bonchev–Trinajstić information content (AvgIpc) is 2.72. The van der Waals surface area contributed by atoms with Crippen molar-refractivity contribution < 1.29 is 4.74 Å². The zero-order valence-corrected chi connectivity index (χ0v) is 16.4. The number of rotatable bonds is 5. The van der Waals surface area contributed by atoms with Crippen LogP contribution in [0.4, 0.5) is 0 Å². The van der Waals surface area contributed by atoms with Crippen LogP contribution in [0, 0.1) is 5.92 Å². The van der Waals surface area contributed by atoms with E-state index in [0.717, 1.165) is 47.5 Å². The molecule has 4 rings (SSSR count). The molecule has 0 N–H and O–H groups in total. The minimum Gasteiger partial charge on any atom is -0.493 e. The van der Waals surface area contributed by atoms with Crippen molar-refractivity contribution in [3.63, 3.8) is 0 Å². The summed E-state index contributed by atoms with van der Waals surface area (Å²) in [4.78, 5) is 4.72. The minimum atomic E-state index is 0.731. The Hall–Kier alpha value is -2.06. The molecule has 140 valence electrons. The maximum absolute atomic E-state index is 6.12. The molecule has 0 radical (unpaired) electrons. The van der Waals surface area contributed by atoms with Crippen molar-refractivity contribution >= 4 is 23.4 Å². The van der Waals surface area contributed by atoms with Crippen molar-refractivity contribution in [1.82, 2.24) is 0 Å². The highest BCUT2D eigenvalue weighted by Gasteiger charge is 2.16. The molecule has 1 heterocycles. The van der Waals surface area contributed by atoms with Gasteiger partial charge in [-0.25, -0.2) is 0 Å². The van der Waals surface area contributed by atoms with Crippen molar-refractivity contribution in [3.05, 3.63) is 70.3 Å². The molecule has 3 heteroatoms. The summed E-state index contributed by atoms with van der Waals surface area (Å²) in [6, 6.07) is 14.3. The third kappa shape index (κ3) is 4.81. The molecule has 0 aromatic heterocycles. The van der Waals surface area contributed by atoms with Crippen LogP contribution in [-0.4, -0.2) is 18.9 Å². The van der Waals surface area contributed by atoms with Gasteiger partial charge < -0.3 is 4.74 Å². The highest BCUT2D eigenvalue weighted by atomic mass is 35.5. The van der Waals surface area contributed by atoms with E-state index in [-0.39, 0.29) is 0 Å². The van der Waals surface area contributed by atoms with Gasteiger partial charge in [0.1, 0.15) is 5.75 Å². The van der Waals surface area contributed by atoms with E-state index in [9.17, 15) is 0 Å². The van der Waals surface area contributed by atoms with Crippen LogP contribution in [0.3, 0.4) is 0 Å². The molecule has 0 unspecified atom stereocenters. The van der Waals surface area contributed by atoms with Gasteiger partial charge in [0.25, 0.3) is 0 Å². The van der Waals surface area contributed by atoms with Gasteiger partial charge in [-0.2, -0.15) is 0 Å². The van der Waals surface area contributed by atoms with Gasteiger partial charge in [0, 0.05) is 17.1 Å². The Kier molecular flexibility index (Phi) is 5.94. The zero-order chi connectivity index (χ0) is 18.5. The largest absolute Gasteiger partial charge is 0.493 e. The van der Waals surface area contributed by atoms with E-state index in [1.165, 1.54) is 43.2 Å². The number of halogens is 1. The van der Waals surface area contributed by atoms with E-state index < -0.39 is 0 Å². The van der Waals surface area contributed by atoms with Crippen LogP contribution < -0.4 is 4.74 Å². The molecule has 2 aliphatic rings. The Bertz CT molecular complexity index is 832. The number of benzene rings is 2. The molecule has 0 spiro atoms. The number of aliphatic imine (C=N–C) groups is 1. The Labute approximate surface area is 166 Å². The summed E-state index contributed by atoms with van der Waals surface area (Å²) >= 11 is 5.96. The van der Waals surface area contributed by atoms with Crippen LogP contribution in [0.2, 0.25) is 5.02 Å². The lowest BCUT2D eigenvalue weighted by Gasteiger charge is -2.22. The molecule has 1 fully saturated rings. The van der Waals surface area contributed by atoms with Gasteiger partial charge in [-0.15, -0.1) is 0 Å². The van der Waals surface area contributed by atoms with Crippen molar-refractivity contribution in [3.8, 4) is 5.75 Å². The summed E-state index contributed by atoms with van der Waals surface area (Å²) in [7, 11) is 0. The molecule has 2 nitrogen and oxygen atoms in total. The first kappa shape index (κ1) is 18.3. The molecule has 2 aromatic rings. The van der Waals surface area contributed by atoms with E-state index >= 15 is 0 Å². The monoisotopic (exact) mass is 379 g/mol. The third-order valence-electron chi connectivity index (χ3n) is 5.53. The Morgan fingerprint density at radius 3 is 2.63 bits per heavy atom. The van der Waals surface area contributed by atoms with E-state index in [0.29, 0.717) is 0 Å². The first-order valence-corrected chi connectivity index (χ1v) is 10.4. The van der Waals surface area contributed by atoms with Crippen LogP contribution in [0.25, 0.3) is 6.08 Å².